The Balaban J connectivity index is 1.82. The molecule has 0 aliphatic heterocycles. The third-order valence-electron chi connectivity index (χ3n) is 4.31. The Morgan fingerprint density at radius 2 is 1.88 bits per heavy atom. The quantitative estimate of drug-likeness (QED) is 0.772. The first kappa shape index (κ1) is 17.0. The zero-order valence-electron chi connectivity index (χ0n) is 14.9. The summed E-state index contributed by atoms with van der Waals surface area (Å²) in [5, 5.41) is 3.01. The first-order chi connectivity index (χ1) is 12.0. The van der Waals surface area contributed by atoms with Gasteiger partial charge in [0.1, 0.15) is 5.69 Å². The van der Waals surface area contributed by atoms with E-state index in [1.54, 1.807) is 12.4 Å². The highest BCUT2D eigenvalue weighted by Crippen LogP contribution is 2.18. The summed E-state index contributed by atoms with van der Waals surface area (Å²) in [5.41, 5.74) is 6.21. The number of nitrogens with zero attached hydrogens (tertiary/aromatic N) is 2. The van der Waals surface area contributed by atoms with Gasteiger partial charge in [0.2, 0.25) is 0 Å². The second-order valence-corrected chi connectivity index (χ2v) is 6.44. The van der Waals surface area contributed by atoms with E-state index in [4.69, 9.17) is 0 Å². The molecule has 0 saturated heterocycles. The number of nitrogens with one attached hydrogen (secondary N) is 1. The predicted molar refractivity (Wildman–Crippen MR) is 99.6 cm³/mol. The second-order valence-electron chi connectivity index (χ2n) is 6.44. The molecule has 4 nitrogen and oxygen atoms in total. The monoisotopic (exact) mass is 333 g/mol. The van der Waals surface area contributed by atoms with Crippen molar-refractivity contribution in [2.75, 3.05) is 0 Å². The van der Waals surface area contributed by atoms with Gasteiger partial charge in [-0.3, -0.25) is 9.78 Å². The fourth-order valence-corrected chi connectivity index (χ4v) is 3.12. The van der Waals surface area contributed by atoms with Crippen LogP contribution in [-0.4, -0.2) is 15.5 Å². The third-order valence-corrected chi connectivity index (χ3v) is 4.31. The van der Waals surface area contributed by atoms with E-state index in [1.165, 1.54) is 11.1 Å². The third kappa shape index (κ3) is 3.97. The number of pyridine rings is 1. The SMILES string of the molecule is Cc1cccc(Cn2c(C)cc(C)c2C(=O)NCc2cccnc2)c1. The molecule has 0 unspecified atom stereocenters. The van der Waals surface area contributed by atoms with E-state index in [0.717, 1.165) is 22.5 Å². The Bertz CT molecular complexity index is 881. The van der Waals surface area contributed by atoms with Gasteiger partial charge < -0.3 is 9.88 Å². The van der Waals surface area contributed by atoms with Crippen molar-refractivity contribution in [1.82, 2.24) is 14.9 Å². The summed E-state index contributed by atoms with van der Waals surface area (Å²) < 4.78 is 2.09. The van der Waals surface area contributed by atoms with Gasteiger partial charge in [-0.2, -0.15) is 0 Å². The molecule has 0 radical (unpaired) electrons. The molecule has 4 heteroatoms. The van der Waals surface area contributed by atoms with Gasteiger partial charge >= 0.3 is 0 Å². The lowest BCUT2D eigenvalue weighted by molar-refractivity contribution is 0.0941. The van der Waals surface area contributed by atoms with Gasteiger partial charge in [-0.15, -0.1) is 0 Å². The molecule has 0 bridgehead atoms. The lowest BCUT2D eigenvalue weighted by Gasteiger charge is -2.13. The predicted octanol–water partition coefficient (Wildman–Crippen LogP) is 3.79. The van der Waals surface area contributed by atoms with Gasteiger partial charge in [0.25, 0.3) is 5.91 Å². The van der Waals surface area contributed by atoms with E-state index in [0.29, 0.717) is 13.1 Å². The second kappa shape index (κ2) is 7.34. The summed E-state index contributed by atoms with van der Waals surface area (Å²) in [6.45, 7) is 7.27. The van der Waals surface area contributed by atoms with E-state index in [-0.39, 0.29) is 5.91 Å². The van der Waals surface area contributed by atoms with Crippen LogP contribution in [-0.2, 0) is 13.1 Å². The summed E-state index contributed by atoms with van der Waals surface area (Å²) in [6.07, 6.45) is 3.50. The van der Waals surface area contributed by atoms with Crippen LogP contribution in [0, 0.1) is 20.8 Å². The molecule has 0 aliphatic carbocycles. The molecular formula is C21H23N3O. The number of aromatic nitrogens is 2. The van der Waals surface area contributed by atoms with Crippen LogP contribution in [0.3, 0.4) is 0 Å². The molecule has 2 aromatic heterocycles. The average molecular weight is 333 g/mol. The maximum atomic E-state index is 12.8. The topological polar surface area (TPSA) is 46.9 Å². The van der Waals surface area contributed by atoms with Crippen LogP contribution < -0.4 is 5.32 Å². The van der Waals surface area contributed by atoms with Crippen molar-refractivity contribution >= 4 is 5.91 Å². The first-order valence-corrected chi connectivity index (χ1v) is 8.44. The summed E-state index contributed by atoms with van der Waals surface area (Å²) in [6, 6.07) is 14.3. The van der Waals surface area contributed by atoms with E-state index >= 15 is 0 Å². The molecule has 0 fully saturated rings. The van der Waals surface area contributed by atoms with Gasteiger partial charge in [-0.25, -0.2) is 0 Å². The lowest BCUT2D eigenvalue weighted by atomic mass is 10.1. The van der Waals surface area contributed by atoms with Crippen LogP contribution >= 0.6 is 0 Å². The number of benzene rings is 1. The molecule has 3 aromatic rings. The Labute approximate surface area is 148 Å². The number of hydrogen-bond acceptors (Lipinski definition) is 2. The highest BCUT2D eigenvalue weighted by molar-refractivity contribution is 5.94. The zero-order chi connectivity index (χ0) is 17.8. The fourth-order valence-electron chi connectivity index (χ4n) is 3.12. The number of aryl methyl sites for hydroxylation is 3. The van der Waals surface area contributed by atoms with Crippen molar-refractivity contribution in [3.05, 3.63) is 88.5 Å². The number of carbonyl (C=O) groups is 1. The fraction of sp³-hybridized carbons (Fsp3) is 0.238. The number of amides is 1. The summed E-state index contributed by atoms with van der Waals surface area (Å²) >= 11 is 0. The summed E-state index contributed by atoms with van der Waals surface area (Å²) in [5.74, 6) is -0.0536. The van der Waals surface area contributed by atoms with Crippen molar-refractivity contribution in [2.24, 2.45) is 0 Å². The summed E-state index contributed by atoms with van der Waals surface area (Å²) in [4.78, 5) is 16.9. The number of carbonyl (C=O) groups excluding carboxylic acids is 1. The Morgan fingerprint density at radius 1 is 1.08 bits per heavy atom. The van der Waals surface area contributed by atoms with Gasteiger partial charge in [0.15, 0.2) is 0 Å². The molecule has 0 atom stereocenters. The van der Waals surface area contributed by atoms with Crippen LogP contribution in [0.1, 0.15) is 38.4 Å². The van der Waals surface area contributed by atoms with E-state index in [1.807, 2.05) is 26.0 Å². The standard InChI is InChI=1S/C21H23N3O/c1-15-6-4-7-18(10-15)14-24-17(3)11-16(2)20(24)21(25)23-13-19-8-5-9-22-12-19/h4-12H,13-14H2,1-3H3,(H,23,25). The largest absolute Gasteiger partial charge is 0.347 e. The van der Waals surface area contributed by atoms with E-state index in [9.17, 15) is 4.79 Å². The molecule has 0 saturated carbocycles. The minimum atomic E-state index is -0.0536. The Morgan fingerprint density at radius 3 is 2.60 bits per heavy atom. The highest BCUT2D eigenvalue weighted by Gasteiger charge is 2.17. The highest BCUT2D eigenvalue weighted by atomic mass is 16.1. The molecule has 1 amide bonds. The van der Waals surface area contributed by atoms with Crippen molar-refractivity contribution < 1.29 is 4.79 Å². The molecule has 25 heavy (non-hydrogen) atoms. The van der Waals surface area contributed by atoms with Crippen LogP contribution in [0.4, 0.5) is 0 Å². The van der Waals surface area contributed by atoms with Crippen LogP contribution in [0.25, 0.3) is 0 Å². The van der Waals surface area contributed by atoms with Gasteiger partial charge in [0.05, 0.1) is 0 Å². The number of hydrogen-bond donors (Lipinski definition) is 1. The van der Waals surface area contributed by atoms with Gasteiger partial charge in [-0.05, 0) is 49.6 Å². The Kier molecular flexibility index (Phi) is 4.98. The Hall–Kier alpha value is -2.88. The van der Waals surface area contributed by atoms with E-state index in [2.05, 4.69) is 52.1 Å². The minimum Gasteiger partial charge on any atom is -0.347 e. The van der Waals surface area contributed by atoms with Crippen molar-refractivity contribution in [1.29, 1.82) is 0 Å². The van der Waals surface area contributed by atoms with Crippen LogP contribution in [0.15, 0.2) is 54.9 Å². The normalized spacial score (nSPS) is 10.7. The minimum absolute atomic E-state index is 0.0536. The smallest absolute Gasteiger partial charge is 0.268 e. The molecular weight excluding hydrogens is 310 g/mol. The van der Waals surface area contributed by atoms with Crippen molar-refractivity contribution in [3.8, 4) is 0 Å². The molecule has 2 heterocycles. The molecule has 0 spiro atoms. The maximum Gasteiger partial charge on any atom is 0.268 e. The molecule has 3 rings (SSSR count). The van der Waals surface area contributed by atoms with Gasteiger partial charge in [0, 0.05) is 31.2 Å². The summed E-state index contributed by atoms with van der Waals surface area (Å²) in [7, 11) is 0. The maximum absolute atomic E-state index is 12.8. The molecule has 128 valence electrons. The first-order valence-electron chi connectivity index (χ1n) is 8.44. The van der Waals surface area contributed by atoms with Crippen molar-refractivity contribution in [2.45, 2.75) is 33.9 Å². The number of rotatable bonds is 5. The van der Waals surface area contributed by atoms with Gasteiger partial charge in [-0.1, -0.05) is 35.9 Å². The molecule has 1 aromatic carbocycles. The van der Waals surface area contributed by atoms with Crippen molar-refractivity contribution in [3.63, 3.8) is 0 Å². The lowest BCUT2D eigenvalue weighted by Crippen LogP contribution is -2.26. The zero-order valence-corrected chi connectivity index (χ0v) is 14.9. The van der Waals surface area contributed by atoms with Crippen LogP contribution in [0.2, 0.25) is 0 Å². The van der Waals surface area contributed by atoms with Crippen LogP contribution in [0.5, 0.6) is 0 Å². The average Bonchev–Trinajstić information content (AvgIpc) is 2.87. The molecule has 1 N–H and O–H groups in total. The van der Waals surface area contributed by atoms with E-state index < -0.39 is 0 Å². The molecule has 0 aliphatic rings.